The Hall–Kier alpha value is -3.96. The topological polar surface area (TPSA) is 408 Å². The number of imidazole rings is 2. The number of aliphatic hydroxyl groups excluding tert-OH is 2. The zero-order valence-electron chi connectivity index (χ0n) is 33.4. The van der Waals surface area contributed by atoms with Gasteiger partial charge in [-0.25, -0.2) is 38.4 Å². The van der Waals surface area contributed by atoms with Crippen LogP contribution in [0.5, 0.6) is 0 Å². The molecule has 4 aromatic rings. The lowest BCUT2D eigenvalue weighted by Gasteiger charge is -2.30. The number of hydrogen-bond acceptors (Lipinski definition) is 20. The molecule has 0 spiro atoms. The first kappa shape index (κ1) is 50.7. The van der Waals surface area contributed by atoms with Crippen molar-refractivity contribution in [2.45, 2.75) is 50.9 Å². The molecule has 0 aromatic carbocycles. The summed E-state index contributed by atoms with van der Waals surface area (Å²) in [5, 5.41) is 26.1. The van der Waals surface area contributed by atoms with Crippen LogP contribution in [0.3, 0.4) is 0 Å². The molecule has 29 nitrogen and oxygen atoms in total. The predicted molar refractivity (Wildman–Crippen MR) is 215 cm³/mol. The van der Waals surface area contributed by atoms with Crippen molar-refractivity contribution >= 4 is 76.1 Å². The molecule has 2 unspecified atom stereocenters. The summed E-state index contributed by atoms with van der Waals surface area (Å²) in [6.45, 7) is 0.723. The Balaban J connectivity index is 0.000000505. The van der Waals surface area contributed by atoms with E-state index in [0.717, 1.165) is 21.8 Å². The van der Waals surface area contributed by atoms with Crippen molar-refractivity contribution in [3.8, 4) is 0 Å². The first-order valence-electron chi connectivity index (χ1n) is 17.8. The van der Waals surface area contributed by atoms with E-state index in [2.05, 4.69) is 52.0 Å². The second-order valence-corrected chi connectivity index (χ2v) is 18.7. The summed E-state index contributed by atoms with van der Waals surface area (Å²) in [5.41, 5.74) is 4.48. The Morgan fingerprint density at radius 3 is 2.27 bits per heavy atom. The van der Waals surface area contributed by atoms with Gasteiger partial charge in [0, 0.05) is 51.8 Å². The maximum atomic E-state index is 12.6. The zero-order valence-corrected chi connectivity index (χ0v) is 37.0. The van der Waals surface area contributed by atoms with Crippen LogP contribution in [0, 0.1) is 5.41 Å². The first-order chi connectivity index (χ1) is 28.7. The van der Waals surface area contributed by atoms with Gasteiger partial charge in [-0.15, -0.1) is 0 Å². The van der Waals surface area contributed by atoms with Gasteiger partial charge in [0.1, 0.15) is 36.3 Å². The number of nitrogens with zero attached hydrogens (tertiary/aromatic N) is 8. The molecule has 10 N–H and O–H groups in total. The van der Waals surface area contributed by atoms with Crippen molar-refractivity contribution in [2.75, 3.05) is 37.8 Å². The van der Waals surface area contributed by atoms with E-state index in [1.54, 1.807) is 18.7 Å². The number of rotatable bonds is 18. The normalized spacial score (nSPS) is 20.6. The molecule has 7 atom stereocenters. The Bertz CT molecular complexity index is 2530. The predicted octanol–water partition coefficient (Wildman–Crippen LogP) is -2.69. The van der Waals surface area contributed by atoms with E-state index in [4.69, 9.17) is 19.5 Å². The number of phosphoric acid groups is 3. The number of nitrogen functional groups attached to an aromatic ring is 1. The molecule has 1 aliphatic rings. The van der Waals surface area contributed by atoms with Crippen LogP contribution in [0.2, 0.25) is 0 Å². The van der Waals surface area contributed by atoms with Gasteiger partial charge in [-0.3, -0.25) is 41.7 Å². The maximum absolute atomic E-state index is 12.6. The minimum atomic E-state index is -5.54. The number of nitrogens with two attached hydrogens (primary N) is 1. The number of carbonyl (C=O) groups is 2. The molecule has 1 aliphatic heterocycles. The van der Waals surface area contributed by atoms with Gasteiger partial charge in [-0.1, -0.05) is 13.8 Å². The second kappa shape index (κ2) is 20.3. The number of carbonyl (C=O) groups excluding carboxylic acids is 2. The lowest BCUT2D eigenvalue weighted by molar-refractivity contribution is -0.137. The molecule has 62 heavy (non-hydrogen) atoms. The Morgan fingerprint density at radius 2 is 1.63 bits per heavy atom. The fourth-order valence-electron chi connectivity index (χ4n) is 5.61. The molecule has 0 bridgehead atoms. The number of aromatic nitrogens is 8. The molecule has 1 fully saturated rings. The van der Waals surface area contributed by atoms with Gasteiger partial charge < -0.3 is 55.5 Å². The van der Waals surface area contributed by atoms with Crippen LogP contribution in [-0.2, 0) is 67.0 Å². The van der Waals surface area contributed by atoms with Gasteiger partial charge in [-0.05, 0) is 0 Å². The SMILES string of the molecule is CC(C)(COP(=O)(O)OP(=O)(O)OC[C@H]1O[C@@H](n2cnc3c(N)ncnc32)[C@H](O)[C@@H]1OP(=O)(O)O)[C@@H](O)C(=O)NCCC(=O)NCCS.Cn1c(=O)c2c(ncn2C)n(C)c1=O. The summed E-state index contributed by atoms with van der Waals surface area (Å²) >= 11 is 3.95. The number of hydrogen-bond donors (Lipinski definition) is 10. The molecular weight excluding hydrogens is 915 g/mol. The number of thiol groups is 1. The standard InChI is InChI=1S/C21H36N7O16P3S.C8H10N4O2/c1-21(2,16(31)19(32)24-4-3-12(29)23-5-6-48)8-41-47(38,39)44-46(36,37)40-7-11-15(43-45(33,34)35)14(30)20(42-11)28-10-27-13-17(22)25-9-26-18(13)28;1-10-4-9-6-5(10)7(13)12(3)8(14)11(6)2/h9-11,14-16,20,30-31,48H,3-8H2,1-2H3,(H,23,29)(H,24,32)(H,36,37)(H,38,39)(H2,22,25,26)(H2,33,34,35);4H,1-3H3/t11-,14-,15-,16+,20-;/m1./s1. The average Bonchev–Trinajstić information content (AvgIpc) is 3.88. The van der Waals surface area contributed by atoms with E-state index in [-0.39, 0.29) is 47.1 Å². The fraction of sp³-hybridized carbons (Fsp3) is 0.586. The molecular formula is C29H46N11O18P3S. The minimum absolute atomic E-state index is 0.0363. The summed E-state index contributed by atoms with van der Waals surface area (Å²) in [4.78, 5) is 102. The molecule has 0 saturated carbocycles. The number of nitrogens with one attached hydrogen (secondary N) is 2. The Morgan fingerprint density at radius 1 is 0.968 bits per heavy atom. The van der Waals surface area contributed by atoms with Gasteiger partial charge in [0.25, 0.3) is 5.56 Å². The van der Waals surface area contributed by atoms with Crippen molar-refractivity contribution < 1.29 is 75.7 Å². The molecule has 0 aliphatic carbocycles. The minimum Gasteiger partial charge on any atom is -0.386 e. The molecule has 1 saturated heterocycles. The highest BCUT2D eigenvalue weighted by molar-refractivity contribution is 7.80. The highest BCUT2D eigenvalue weighted by Gasteiger charge is 2.50. The molecule has 5 heterocycles. The van der Waals surface area contributed by atoms with Crippen LogP contribution in [0.1, 0.15) is 26.5 Å². The van der Waals surface area contributed by atoms with Gasteiger partial charge in [0.15, 0.2) is 28.9 Å². The zero-order chi connectivity index (χ0) is 46.5. The van der Waals surface area contributed by atoms with Crippen LogP contribution in [0.15, 0.2) is 28.6 Å². The third-order valence-electron chi connectivity index (χ3n) is 8.83. The van der Waals surface area contributed by atoms with Crippen molar-refractivity contribution in [3.05, 3.63) is 39.8 Å². The van der Waals surface area contributed by atoms with E-state index < -0.39 is 78.6 Å². The lowest BCUT2D eigenvalue weighted by Crippen LogP contribution is -2.46. The summed E-state index contributed by atoms with van der Waals surface area (Å²) in [7, 11) is -11.5. The maximum Gasteiger partial charge on any atom is 0.481 e. The molecule has 0 radical (unpaired) electrons. The van der Waals surface area contributed by atoms with Crippen LogP contribution < -0.4 is 27.6 Å². The molecule has 4 aromatic heterocycles. The van der Waals surface area contributed by atoms with Crippen molar-refractivity contribution in [1.82, 2.24) is 48.8 Å². The molecule has 2 amide bonds. The first-order valence-corrected chi connectivity index (χ1v) is 22.9. The van der Waals surface area contributed by atoms with Gasteiger partial charge in [0.05, 0.1) is 25.9 Å². The summed E-state index contributed by atoms with van der Waals surface area (Å²) in [6, 6.07) is 0. The fourth-order valence-corrected chi connectivity index (χ4v) is 8.55. The summed E-state index contributed by atoms with van der Waals surface area (Å²) in [6.07, 6.45) is -5.22. The van der Waals surface area contributed by atoms with Crippen molar-refractivity contribution in [3.63, 3.8) is 0 Å². The van der Waals surface area contributed by atoms with E-state index in [0.29, 0.717) is 23.5 Å². The quantitative estimate of drug-likeness (QED) is 0.0358. The number of phosphoric ester groups is 3. The van der Waals surface area contributed by atoms with Crippen LogP contribution in [0.4, 0.5) is 5.82 Å². The summed E-state index contributed by atoms with van der Waals surface area (Å²) < 4.78 is 65.7. The molecule has 5 rings (SSSR count). The number of amides is 2. The highest BCUT2D eigenvalue weighted by Crippen LogP contribution is 2.61. The Kier molecular flexibility index (Phi) is 16.6. The molecule has 33 heteroatoms. The Labute approximate surface area is 355 Å². The number of anilines is 1. The van der Waals surface area contributed by atoms with Crippen LogP contribution in [-0.4, -0.2) is 136 Å². The van der Waals surface area contributed by atoms with Crippen molar-refractivity contribution in [2.24, 2.45) is 26.6 Å². The van der Waals surface area contributed by atoms with Gasteiger partial charge >= 0.3 is 29.2 Å². The van der Waals surface area contributed by atoms with Gasteiger partial charge in [0.2, 0.25) is 11.8 Å². The number of ether oxygens (including phenoxy) is 1. The third-order valence-corrected chi connectivity index (χ3v) is 12.2. The third kappa shape index (κ3) is 12.6. The lowest BCUT2D eigenvalue weighted by atomic mass is 9.87. The smallest absolute Gasteiger partial charge is 0.386 e. The molecule has 346 valence electrons. The van der Waals surface area contributed by atoms with Crippen molar-refractivity contribution in [1.29, 1.82) is 0 Å². The second-order valence-electron chi connectivity index (χ2n) is 14.0. The largest absolute Gasteiger partial charge is 0.481 e. The number of fused-ring (bicyclic) bond motifs is 2. The van der Waals surface area contributed by atoms with Gasteiger partial charge in [-0.2, -0.15) is 16.9 Å². The average molecular weight is 962 g/mol. The van der Waals surface area contributed by atoms with E-state index >= 15 is 0 Å². The van der Waals surface area contributed by atoms with E-state index in [1.807, 2.05) is 0 Å². The van der Waals surface area contributed by atoms with Crippen LogP contribution in [0.25, 0.3) is 22.3 Å². The highest BCUT2D eigenvalue weighted by atomic mass is 32.1. The van der Waals surface area contributed by atoms with Crippen LogP contribution >= 0.6 is 36.1 Å². The number of aliphatic hydroxyl groups is 2. The number of aryl methyl sites for hydroxylation is 2. The summed E-state index contributed by atoms with van der Waals surface area (Å²) in [5.74, 6) is -0.943. The van der Waals surface area contributed by atoms with E-state index in [1.165, 1.54) is 31.8 Å². The van der Waals surface area contributed by atoms with E-state index in [9.17, 15) is 62.7 Å². The monoisotopic (exact) mass is 961 g/mol.